The van der Waals surface area contributed by atoms with Crippen molar-refractivity contribution in [2.75, 3.05) is 0 Å². The van der Waals surface area contributed by atoms with Gasteiger partial charge >= 0.3 is 0 Å². The minimum absolute atomic E-state index is 0.266. The molecule has 1 fully saturated rings. The Kier molecular flexibility index (Phi) is 5.07. The van der Waals surface area contributed by atoms with Gasteiger partial charge in [0.25, 0.3) is 0 Å². The van der Waals surface area contributed by atoms with E-state index in [-0.39, 0.29) is 12.2 Å². The molecule has 0 radical (unpaired) electrons. The summed E-state index contributed by atoms with van der Waals surface area (Å²) in [6, 6.07) is 19.2. The molecule has 0 amide bonds. The highest BCUT2D eigenvalue weighted by Crippen LogP contribution is 2.40. The van der Waals surface area contributed by atoms with Crippen molar-refractivity contribution in [1.29, 1.82) is 0 Å². The zero-order valence-electron chi connectivity index (χ0n) is 13.7. The van der Waals surface area contributed by atoms with Gasteiger partial charge in [0.15, 0.2) is 5.79 Å². The topological polar surface area (TPSA) is 38.7 Å². The van der Waals surface area contributed by atoms with Crippen LogP contribution in [-0.4, -0.2) is 17.0 Å². The molecule has 1 heterocycles. The third-order valence-corrected chi connectivity index (χ3v) is 4.29. The summed E-state index contributed by atoms with van der Waals surface area (Å²) < 4.78 is 12.0. The number of halogens is 1. The molecule has 1 N–H and O–H groups in total. The second-order valence-corrected chi connectivity index (χ2v) is 6.73. The van der Waals surface area contributed by atoms with Crippen molar-refractivity contribution in [3.63, 3.8) is 0 Å². The summed E-state index contributed by atoms with van der Waals surface area (Å²) in [4.78, 5) is 0. The molecule has 1 saturated heterocycles. The number of hydrogen-bond acceptors (Lipinski definition) is 3. The Bertz CT molecular complexity index is 697. The molecule has 0 aliphatic carbocycles. The highest BCUT2D eigenvalue weighted by atomic mass is 35.5. The maximum Gasteiger partial charge on any atom is 0.164 e. The second kappa shape index (κ2) is 7.08. The van der Waals surface area contributed by atoms with Gasteiger partial charge in [0.05, 0.1) is 0 Å². The largest absolute Gasteiger partial charge is 0.383 e. The molecule has 1 aliphatic rings. The van der Waals surface area contributed by atoms with Crippen molar-refractivity contribution in [3.05, 3.63) is 82.9 Å². The van der Waals surface area contributed by atoms with Crippen LogP contribution in [0.2, 0.25) is 0 Å². The molecule has 2 aromatic carbocycles. The van der Waals surface area contributed by atoms with Crippen LogP contribution in [0, 0.1) is 0 Å². The van der Waals surface area contributed by atoms with Gasteiger partial charge in [0.1, 0.15) is 18.3 Å². The molecule has 1 unspecified atom stereocenters. The predicted octanol–water partition coefficient (Wildman–Crippen LogP) is 4.74. The normalized spacial score (nSPS) is 24.8. The maximum atomic E-state index is 10.4. The number of ether oxygens (including phenoxy) is 2. The van der Waals surface area contributed by atoms with Crippen LogP contribution in [0.3, 0.4) is 0 Å². The summed E-state index contributed by atoms with van der Waals surface area (Å²) in [6.07, 6.45) is 0.230. The highest BCUT2D eigenvalue weighted by Gasteiger charge is 2.41. The SMILES string of the molecule is CC1(C)O[C@@H](/C=C(\Cl)C(O)c2ccccc2)[C@H](c2ccccc2)O1. The number of benzene rings is 2. The summed E-state index contributed by atoms with van der Waals surface area (Å²) in [5, 5.41) is 10.8. The van der Waals surface area contributed by atoms with Crippen molar-refractivity contribution in [3.8, 4) is 0 Å². The van der Waals surface area contributed by atoms with Crippen molar-refractivity contribution in [1.82, 2.24) is 0 Å². The molecular formula is C20H21ClO3. The first-order valence-corrected chi connectivity index (χ1v) is 8.35. The average molecular weight is 345 g/mol. The smallest absolute Gasteiger partial charge is 0.164 e. The molecule has 0 spiro atoms. The lowest BCUT2D eigenvalue weighted by Crippen LogP contribution is -2.21. The van der Waals surface area contributed by atoms with Gasteiger partial charge in [-0.3, -0.25) is 0 Å². The number of hydrogen-bond donors (Lipinski definition) is 1. The van der Waals surface area contributed by atoms with E-state index in [0.717, 1.165) is 11.1 Å². The summed E-state index contributed by atoms with van der Waals surface area (Å²) in [7, 11) is 0. The van der Waals surface area contributed by atoms with Crippen LogP contribution in [-0.2, 0) is 9.47 Å². The van der Waals surface area contributed by atoms with E-state index in [9.17, 15) is 5.11 Å². The molecule has 0 aromatic heterocycles. The second-order valence-electron chi connectivity index (χ2n) is 6.30. The van der Waals surface area contributed by atoms with Gasteiger partial charge in [-0.25, -0.2) is 0 Å². The first kappa shape index (κ1) is 17.2. The zero-order valence-corrected chi connectivity index (χ0v) is 14.5. The Morgan fingerprint density at radius 1 is 1.04 bits per heavy atom. The van der Waals surface area contributed by atoms with Gasteiger partial charge in [-0.05, 0) is 31.1 Å². The number of rotatable bonds is 4. The van der Waals surface area contributed by atoms with E-state index < -0.39 is 11.9 Å². The van der Waals surface area contributed by atoms with Crippen LogP contribution < -0.4 is 0 Å². The number of aliphatic hydroxyl groups excluding tert-OH is 1. The van der Waals surface area contributed by atoms with Gasteiger partial charge in [-0.15, -0.1) is 0 Å². The highest BCUT2D eigenvalue weighted by molar-refractivity contribution is 6.30. The van der Waals surface area contributed by atoms with Gasteiger partial charge in [0.2, 0.25) is 0 Å². The monoisotopic (exact) mass is 344 g/mol. The third-order valence-electron chi connectivity index (χ3n) is 3.96. The Balaban J connectivity index is 1.85. The van der Waals surface area contributed by atoms with Gasteiger partial charge in [-0.2, -0.15) is 0 Å². The van der Waals surface area contributed by atoms with Crippen LogP contribution >= 0.6 is 11.6 Å². The van der Waals surface area contributed by atoms with Crippen LogP contribution in [0.1, 0.15) is 37.2 Å². The fourth-order valence-electron chi connectivity index (χ4n) is 2.85. The van der Waals surface area contributed by atoms with E-state index in [1.165, 1.54) is 0 Å². The van der Waals surface area contributed by atoms with Crippen molar-refractivity contribution in [2.45, 2.75) is 37.9 Å². The molecule has 0 bridgehead atoms. The molecule has 3 rings (SSSR count). The standard InChI is InChI=1S/C20H21ClO3/c1-20(2)23-17(19(24-20)15-11-7-4-8-12-15)13-16(21)18(22)14-9-5-3-6-10-14/h3-13,17-19,22H,1-2H3/b16-13-/t17-,18?,19-/m0/s1. The van der Waals surface area contributed by atoms with Crippen LogP contribution in [0.5, 0.6) is 0 Å². The predicted molar refractivity (Wildman–Crippen MR) is 94.6 cm³/mol. The van der Waals surface area contributed by atoms with E-state index in [0.29, 0.717) is 5.03 Å². The molecule has 3 atom stereocenters. The van der Waals surface area contributed by atoms with Gasteiger partial charge in [0, 0.05) is 5.03 Å². The Hall–Kier alpha value is -1.65. The van der Waals surface area contributed by atoms with E-state index in [1.807, 2.05) is 74.5 Å². The average Bonchev–Trinajstić information content (AvgIpc) is 2.90. The van der Waals surface area contributed by atoms with E-state index in [2.05, 4.69) is 0 Å². The minimum atomic E-state index is -0.878. The number of aliphatic hydroxyl groups is 1. The van der Waals surface area contributed by atoms with Crippen molar-refractivity contribution < 1.29 is 14.6 Å². The molecule has 1 aliphatic heterocycles. The fraction of sp³-hybridized carbons (Fsp3) is 0.300. The lowest BCUT2D eigenvalue weighted by atomic mass is 10.0. The minimum Gasteiger partial charge on any atom is -0.383 e. The Morgan fingerprint density at radius 3 is 2.25 bits per heavy atom. The Labute approximate surface area is 147 Å². The van der Waals surface area contributed by atoms with Crippen LogP contribution in [0.25, 0.3) is 0 Å². The van der Waals surface area contributed by atoms with Crippen molar-refractivity contribution >= 4 is 11.6 Å². The van der Waals surface area contributed by atoms with Crippen LogP contribution in [0.4, 0.5) is 0 Å². The fourth-order valence-corrected chi connectivity index (χ4v) is 3.10. The van der Waals surface area contributed by atoms with Crippen LogP contribution in [0.15, 0.2) is 71.8 Å². The molecule has 24 heavy (non-hydrogen) atoms. The summed E-state index contributed by atoms with van der Waals surface area (Å²) in [5.74, 6) is -0.712. The summed E-state index contributed by atoms with van der Waals surface area (Å²) in [6.45, 7) is 3.75. The van der Waals surface area contributed by atoms with Gasteiger partial charge < -0.3 is 14.6 Å². The van der Waals surface area contributed by atoms with E-state index >= 15 is 0 Å². The molecule has 3 nitrogen and oxygen atoms in total. The molecule has 4 heteroatoms. The lowest BCUT2D eigenvalue weighted by molar-refractivity contribution is -0.143. The quantitative estimate of drug-likeness (QED) is 0.871. The molecule has 0 saturated carbocycles. The third kappa shape index (κ3) is 3.87. The first-order chi connectivity index (χ1) is 11.5. The molecular weight excluding hydrogens is 324 g/mol. The summed E-state index contributed by atoms with van der Waals surface area (Å²) >= 11 is 6.37. The Morgan fingerprint density at radius 2 is 1.62 bits per heavy atom. The van der Waals surface area contributed by atoms with E-state index in [4.69, 9.17) is 21.1 Å². The molecule has 2 aromatic rings. The lowest BCUT2D eigenvalue weighted by Gasteiger charge is -2.16. The van der Waals surface area contributed by atoms with Gasteiger partial charge in [-0.1, -0.05) is 72.3 Å². The summed E-state index contributed by atoms with van der Waals surface area (Å²) in [5.41, 5.74) is 1.76. The van der Waals surface area contributed by atoms with Crippen molar-refractivity contribution in [2.24, 2.45) is 0 Å². The molecule has 126 valence electrons. The first-order valence-electron chi connectivity index (χ1n) is 7.97. The van der Waals surface area contributed by atoms with E-state index in [1.54, 1.807) is 6.08 Å². The maximum absolute atomic E-state index is 10.4. The zero-order chi connectivity index (χ0) is 17.2.